The highest BCUT2D eigenvalue weighted by Crippen LogP contribution is 2.45. The molecule has 2 bridgehead atoms. The third-order valence-corrected chi connectivity index (χ3v) is 5.24. The lowest BCUT2D eigenvalue weighted by atomic mass is 9.78. The van der Waals surface area contributed by atoms with Gasteiger partial charge in [-0.05, 0) is 49.9 Å². The molecule has 0 radical (unpaired) electrons. The van der Waals surface area contributed by atoms with Crippen molar-refractivity contribution in [3.63, 3.8) is 0 Å². The maximum atomic E-state index is 9.28. The number of hydrogen-bond acceptors (Lipinski definition) is 3. The Morgan fingerprint density at radius 2 is 1.91 bits per heavy atom. The van der Waals surface area contributed by atoms with Crippen molar-refractivity contribution in [2.45, 2.75) is 71.5 Å². The Hall–Kier alpha value is -0.380. The van der Waals surface area contributed by atoms with E-state index in [2.05, 4.69) is 32.9 Å². The Bertz CT molecular complexity index is 351. The van der Waals surface area contributed by atoms with Gasteiger partial charge in [-0.1, -0.05) is 32.9 Å². The molecule has 4 atom stereocenters. The quantitative estimate of drug-likeness (QED) is 0.490. The van der Waals surface area contributed by atoms with Crippen LogP contribution in [-0.4, -0.2) is 37.1 Å². The van der Waals surface area contributed by atoms with E-state index in [1.165, 1.54) is 12.8 Å². The summed E-state index contributed by atoms with van der Waals surface area (Å²) in [6.07, 6.45) is 12.2. The fraction of sp³-hybridized carbons (Fsp3) is 0.895. The van der Waals surface area contributed by atoms with Crippen LogP contribution in [0.4, 0.5) is 0 Å². The number of fused-ring (bicyclic) bond motifs is 2. The molecule has 0 aliphatic carbocycles. The molecule has 0 spiro atoms. The van der Waals surface area contributed by atoms with Crippen LogP contribution in [-0.2, 0) is 9.47 Å². The smallest absolute Gasteiger partial charge is 0.0633 e. The van der Waals surface area contributed by atoms with Crippen molar-refractivity contribution in [3.8, 4) is 0 Å². The van der Waals surface area contributed by atoms with E-state index in [0.29, 0.717) is 24.0 Å². The van der Waals surface area contributed by atoms with Gasteiger partial charge in [0.1, 0.15) is 0 Å². The SMILES string of the molecule is CCCOC[C@@H]1[C@H](C/C=C\CCC(C)(C)CO)[C@@H]2CC[C@H]1O2. The second kappa shape index (κ2) is 8.47. The molecule has 2 aliphatic rings. The normalized spacial score (nSPS) is 31.5. The highest BCUT2D eigenvalue weighted by molar-refractivity contribution is 5.00. The minimum absolute atomic E-state index is 0.0381. The van der Waals surface area contributed by atoms with Gasteiger partial charge in [0, 0.05) is 19.1 Å². The summed E-state index contributed by atoms with van der Waals surface area (Å²) in [5.74, 6) is 1.22. The zero-order chi connectivity index (χ0) is 16.0. The van der Waals surface area contributed by atoms with Gasteiger partial charge in [-0.3, -0.25) is 0 Å². The number of ether oxygens (including phenoxy) is 2. The molecule has 22 heavy (non-hydrogen) atoms. The van der Waals surface area contributed by atoms with Crippen LogP contribution >= 0.6 is 0 Å². The van der Waals surface area contributed by atoms with Gasteiger partial charge in [0.15, 0.2) is 0 Å². The first-order valence-electron chi connectivity index (χ1n) is 9.06. The summed E-state index contributed by atoms with van der Waals surface area (Å²) in [5, 5.41) is 9.28. The van der Waals surface area contributed by atoms with E-state index in [0.717, 1.165) is 38.9 Å². The Labute approximate surface area is 136 Å². The minimum atomic E-state index is 0.0381. The molecule has 3 heteroatoms. The first kappa shape index (κ1) is 18.0. The van der Waals surface area contributed by atoms with Gasteiger partial charge in [-0.15, -0.1) is 0 Å². The van der Waals surface area contributed by atoms with Gasteiger partial charge in [0.2, 0.25) is 0 Å². The number of hydrogen-bond donors (Lipinski definition) is 1. The van der Waals surface area contributed by atoms with Crippen LogP contribution in [0.5, 0.6) is 0 Å². The summed E-state index contributed by atoms with van der Waals surface area (Å²) < 4.78 is 11.9. The molecule has 0 saturated carbocycles. The standard InChI is InChI=1S/C19H34O3/c1-4-12-21-13-16-15(17-9-10-18(16)22-17)8-6-5-7-11-19(2,3)14-20/h5-6,15-18,20H,4,7-14H2,1-3H3/b6-5-/t15-,16+,17-,18+/m0/s1. The van der Waals surface area contributed by atoms with Crippen molar-refractivity contribution in [1.29, 1.82) is 0 Å². The Morgan fingerprint density at radius 1 is 1.18 bits per heavy atom. The Kier molecular flexibility index (Phi) is 6.91. The summed E-state index contributed by atoms with van der Waals surface area (Å²) in [7, 11) is 0. The molecule has 128 valence electrons. The van der Waals surface area contributed by atoms with Gasteiger partial charge >= 0.3 is 0 Å². The first-order chi connectivity index (χ1) is 10.6. The van der Waals surface area contributed by atoms with Crippen LogP contribution in [0.25, 0.3) is 0 Å². The van der Waals surface area contributed by atoms with E-state index < -0.39 is 0 Å². The molecule has 0 aromatic heterocycles. The topological polar surface area (TPSA) is 38.7 Å². The zero-order valence-corrected chi connectivity index (χ0v) is 14.6. The van der Waals surface area contributed by atoms with Crippen LogP contribution in [0, 0.1) is 17.3 Å². The average Bonchev–Trinajstić information content (AvgIpc) is 3.09. The highest BCUT2D eigenvalue weighted by atomic mass is 16.5. The van der Waals surface area contributed by atoms with Crippen molar-refractivity contribution >= 4 is 0 Å². The number of rotatable bonds is 10. The van der Waals surface area contributed by atoms with Gasteiger partial charge in [0.05, 0.1) is 18.8 Å². The maximum absolute atomic E-state index is 9.28. The summed E-state index contributed by atoms with van der Waals surface area (Å²) in [6.45, 7) is 8.39. The van der Waals surface area contributed by atoms with Crippen molar-refractivity contribution < 1.29 is 14.6 Å². The summed E-state index contributed by atoms with van der Waals surface area (Å²) >= 11 is 0. The second-order valence-corrected chi connectivity index (χ2v) is 7.76. The molecular formula is C19H34O3. The van der Waals surface area contributed by atoms with Gasteiger partial charge in [-0.2, -0.15) is 0 Å². The van der Waals surface area contributed by atoms with Gasteiger partial charge < -0.3 is 14.6 Å². The third-order valence-electron chi connectivity index (χ3n) is 5.24. The van der Waals surface area contributed by atoms with Crippen LogP contribution in [0.15, 0.2) is 12.2 Å². The van der Waals surface area contributed by atoms with E-state index in [-0.39, 0.29) is 12.0 Å². The lowest BCUT2D eigenvalue weighted by Gasteiger charge is -2.27. The van der Waals surface area contributed by atoms with Crippen LogP contribution in [0.3, 0.4) is 0 Å². The summed E-state index contributed by atoms with van der Waals surface area (Å²) in [5.41, 5.74) is 0.0381. The predicted molar refractivity (Wildman–Crippen MR) is 89.8 cm³/mol. The van der Waals surface area contributed by atoms with Crippen LogP contribution < -0.4 is 0 Å². The zero-order valence-electron chi connectivity index (χ0n) is 14.6. The number of allylic oxidation sites excluding steroid dienone is 2. The molecular weight excluding hydrogens is 276 g/mol. The molecule has 0 unspecified atom stereocenters. The first-order valence-corrected chi connectivity index (χ1v) is 9.06. The summed E-state index contributed by atoms with van der Waals surface area (Å²) in [6, 6.07) is 0. The van der Waals surface area contributed by atoms with Gasteiger partial charge in [-0.25, -0.2) is 0 Å². The molecule has 2 aliphatic heterocycles. The molecule has 0 aromatic carbocycles. The highest BCUT2D eigenvalue weighted by Gasteiger charge is 2.48. The molecule has 2 saturated heterocycles. The van der Waals surface area contributed by atoms with Crippen LogP contribution in [0.1, 0.15) is 59.3 Å². The van der Waals surface area contributed by atoms with E-state index in [4.69, 9.17) is 9.47 Å². The van der Waals surface area contributed by atoms with E-state index >= 15 is 0 Å². The number of aliphatic hydroxyl groups excluding tert-OH is 1. The molecule has 3 nitrogen and oxygen atoms in total. The Morgan fingerprint density at radius 3 is 2.59 bits per heavy atom. The van der Waals surface area contributed by atoms with E-state index in [1.807, 2.05) is 0 Å². The summed E-state index contributed by atoms with van der Waals surface area (Å²) in [4.78, 5) is 0. The van der Waals surface area contributed by atoms with Crippen molar-refractivity contribution in [3.05, 3.63) is 12.2 Å². The molecule has 0 aromatic rings. The average molecular weight is 310 g/mol. The Balaban J connectivity index is 1.75. The van der Waals surface area contributed by atoms with E-state index in [9.17, 15) is 5.11 Å². The van der Waals surface area contributed by atoms with E-state index in [1.54, 1.807) is 0 Å². The number of aliphatic hydroxyl groups is 1. The minimum Gasteiger partial charge on any atom is -0.396 e. The maximum Gasteiger partial charge on any atom is 0.0633 e. The lowest BCUT2D eigenvalue weighted by Crippen LogP contribution is -2.30. The molecule has 2 rings (SSSR count). The lowest BCUT2D eigenvalue weighted by molar-refractivity contribution is 0.0495. The fourth-order valence-corrected chi connectivity index (χ4v) is 3.72. The predicted octanol–water partition coefficient (Wildman–Crippen LogP) is 3.95. The largest absolute Gasteiger partial charge is 0.396 e. The molecule has 2 heterocycles. The second-order valence-electron chi connectivity index (χ2n) is 7.76. The fourth-order valence-electron chi connectivity index (χ4n) is 3.72. The van der Waals surface area contributed by atoms with Crippen molar-refractivity contribution in [2.75, 3.05) is 19.8 Å². The molecule has 0 amide bonds. The monoisotopic (exact) mass is 310 g/mol. The molecule has 1 N–H and O–H groups in total. The van der Waals surface area contributed by atoms with Crippen molar-refractivity contribution in [2.24, 2.45) is 17.3 Å². The molecule has 2 fully saturated rings. The van der Waals surface area contributed by atoms with Crippen molar-refractivity contribution in [1.82, 2.24) is 0 Å². The van der Waals surface area contributed by atoms with Crippen LogP contribution in [0.2, 0.25) is 0 Å². The third kappa shape index (κ3) is 4.81. The van der Waals surface area contributed by atoms with Gasteiger partial charge in [0.25, 0.3) is 0 Å².